The lowest BCUT2D eigenvalue weighted by Gasteiger charge is -2.16. The van der Waals surface area contributed by atoms with Gasteiger partial charge in [-0.2, -0.15) is 0 Å². The predicted molar refractivity (Wildman–Crippen MR) is 84.2 cm³/mol. The molecule has 20 heavy (non-hydrogen) atoms. The molecule has 2 rings (SSSR count). The molecular formula is C18H23NO. The van der Waals surface area contributed by atoms with Crippen LogP contribution in [-0.2, 0) is 6.54 Å². The molecule has 106 valence electrons. The molecular weight excluding hydrogens is 246 g/mol. The van der Waals surface area contributed by atoms with Gasteiger partial charge >= 0.3 is 0 Å². The molecule has 0 fully saturated rings. The zero-order valence-electron chi connectivity index (χ0n) is 12.7. The normalized spacial score (nSPS) is 12.2. The number of hydrogen-bond acceptors (Lipinski definition) is 2. The standard InChI is InChI=1S/C18H23NO/c1-13-6-5-7-17(14(13)2)12-19-15(3)16-8-10-18(20-4)11-9-16/h5-11,15,19H,12H2,1-4H3/t15-/m0/s1. The highest BCUT2D eigenvalue weighted by atomic mass is 16.5. The number of ether oxygens (including phenoxy) is 1. The summed E-state index contributed by atoms with van der Waals surface area (Å²) in [4.78, 5) is 0. The van der Waals surface area contributed by atoms with Crippen LogP contribution in [0.3, 0.4) is 0 Å². The van der Waals surface area contributed by atoms with Gasteiger partial charge in [-0.15, -0.1) is 0 Å². The monoisotopic (exact) mass is 269 g/mol. The van der Waals surface area contributed by atoms with E-state index >= 15 is 0 Å². The van der Waals surface area contributed by atoms with E-state index in [0.717, 1.165) is 12.3 Å². The van der Waals surface area contributed by atoms with E-state index in [-0.39, 0.29) is 0 Å². The molecule has 2 aromatic carbocycles. The lowest BCUT2D eigenvalue weighted by Crippen LogP contribution is -2.18. The smallest absolute Gasteiger partial charge is 0.118 e. The average molecular weight is 269 g/mol. The summed E-state index contributed by atoms with van der Waals surface area (Å²) in [6, 6.07) is 15.0. The first kappa shape index (κ1) is 14.6. The molecule has 0 aliphatic rings. The third kappa shape index (κ3) is 3.40. The molecule has 0 amide bonds. The van der Waals surface area contributed by atoms with Crippen LogP contribution in [0.25, 0.3) is 0 Å². The zero-order valence-corrected chi connectivity index (χ0v) is 12.7. The van der Waals surface area contributed by atoms with Gasteiger partial charge < -0.3 is 10.1 Å². The molecule has 2 nitrogen and oxygen atoms in total. The molecule has 0 unspecified atom stereocenters. The maximum Gasteiger partial charge on any atom is 0.118 e. The minimum Gasteiger partial charge on any atom is -0.497 e. The Morgan fingerprint density at radius 3 is 2.40 bits per heavy atom. The van der Waals surface area contributed by atoms with Crippen LogP contribution < -0.4 is 10.1 Å². The van der Waals surface area contributed by atoms with E-state index in [9.17, 15) is 0 Å². The summed E-state index contributed by atoms with van der Waals surface area (Å²) in [5.74, 6) is 0.899. The van der Waals surface area contributed by atoms with Gasteiger partial charge in [-0.25, -0.2) is 0 Å². The van der Waals surface area contributed by atoms with Gasteiger partial charge in [0, 0.05) is 12.6 Å². The quantitative estimate of drug-likeness (QED) is 0.880. The van der Waals surface area contributed by atoms with Crippen LogP contribution in [0.5, 0.6) is 5.75 Å². The molecule has 0 aliphatic heterocycles. The minimum absolute atomic E-state index is 0.320. The minimum atomic E-state index is 0.320. The third-order valence-electron chi connectivity index (χ3n) is 3.93. The SMILES string of the molecule is COc1ccc([C@H](C)NCc2cccc(C)c2C)cc1. The molecule has 0 heterocycles. The molecule has 0 saturated heterocycles. The summed E-state index contributed by atoms with van der Waals surface area (Å²) in [6.45, 7) is 7.42. The Morgan fingerprint density at radius 2 is 1.75 bits per heavy atom. The lowest BCUT2D eigenvalue weighted by molar-refractivity contribution is 0.414. The number of nitrogens with one attached hydrogen (secondary N) is 1. The number of rotatable bonds is 5. The summed E-state index contributed by atoms with van der Waals surface area (Å²) in [5.41, 5.74) is 5.37. The van der Waals surface area contributed by atoms with E-state index in [4.69, 9.17) is 4.74 Å². The van der Waals surface area contributed by atoms with Crippen molar-refractivity contribution >= 4 is 0 Å². The molecule has 0 radical (unpaired) electrons. The van der Waals surface area contributed by atoms with Crippen molar-refractivity contribution in [1.29, 1.82) is 0 Å². The van der Waals surface area contributed by atoms with Crippen LogP contribution in [0, 0.1) is 13.8 Å². The summed E-state index contributed by atoms with van der Waals surface area (Å²) >= 11 is 0. The predicted octanol–water partition coefficient (Wildman–Crippen LogP) is 4.16. The second-order valence-electron chi connectivity index (χ2n) is 5.23. The Balaban J connectivity index is 2.00. The molecule has 0 saturated carbocycles. The molecule has 0 bridgehead atoms. The Bertz CT molecular complexity index is 560. The first-order valence-corrected chi connectivity index (χ1v) is 7.04. The van der Waals surface area contributed by atoms with Gasteiger partial charge in [-0.3, -0.25) is 0 Å². The molecule has 1 N–H and O–H groups in total. The van der Waals surface area contributed by atoms with Crippen molar-refractivity contribution in [1.82, 2.24) is 5.32 Å². The molecule has 2 heteroatoms. The van der Waals surface area contributed by atoms with Crippen molar-refractivity contribution in [3.8, 4) is 5.75 Å². The van der Waals surface area contributed by atoms with Gasteiger partial charge in [0.25, 0.3) is 0 Å². The van der Waals surface area contributed by atoms with Crippen molar-refractivity contribution in [2.24, 2.45) is 0 Å². The highest BCUT2D eigenvalue weighted by Gasteiger charge is 2.06. The molecule has 0 aromatic heterocycles. The first-order valence-electron chi connectivity index (χ1n) is 7.04. The van der Waals surface area contributed by atoms with Gasteiger partial charge in [0.1, 0.15) is 5.75 Å². The number of hydrogen-bond donors (Lipinski definition) is 1. The van der Waals surface area contributed by atoms with Gasteiger partial charge in [-0.05, 0) is 55.2 Å². The van der Waals surface area contributed by atoms with E-state index in [2.05, 4.69) is 56.4 Å². The highest BCUT2D eigenvalue weighted by molar-refractivity contribution is 5.33. The fourth-order valence-corrected chi connectivity index (χ4v) is 2.28. The Hall–Kier alpha value is -1.80. The third-order valence-corrected chi connectivity index (χ3v) is 3.93. The van der Waals surface area contributed by atoms with Crippen molar-refractivity contribution in [2.45, 2.75) is 33.4 Å². The fourth-order valence-electron chi connectivity index (χ4n) is 2.28. The van der Waals surface area contributed by atoms with E-state index in [0.29, 0.717) is 6.04 Å². The summed E-state index contributed by atoms with van der Waals surface area (Å²) in [7, 11) is 1.69. The second kappa shape index (κ2) is 6.58. The summed E-state index contributed by atoms with van der Waals surface area (Å²) < 4.78 is 5.19. The van der Waals surface area contributed by atoms with Crippen LogP contribution in [0.15, 0.2) is 42.5 Å². The van der Waals surface area contributed by atoms with Crippen molar-refractivity contribution in [3.05, 3.63) is 64.7 Å². The van der Waals surface area contributed by atoms with Crippen LogP contribution in [-0.4, -0.2) is 7.11 Å². The lowest BCUT2D eigenvalue weighted by atomic mass is 10.0. The van der Waals surface area contributed by atoms with Crippen molar-refractivity contribution in [3.63, 3.8) is 0 Å². The Kier molecular flexibility index (Phi) is 4.80. The van der Waals surface area contributed by atoms with Gasteiger partial charge in [0.05, 0.1) is 7.11 Å². The van der Waals surface area contributed by atoms with E-state index in [1.807, 2.05) is 12.1 Å². The zero-order chi connectivity index (χ0) is 14.5. The molecule has 1 atom stereocenters. The highest BCUT2D eigenvalue weighted by Crippen LogP contribution is 2.19. The van der Waals surface area contributed by atoms with Crippen LogP contribution in [0.2, 0.25) is 0 Å². The second-order valence-corrected chi connectivity index (χ2v) is 5.23. The first-order chi connectivity index (χ1) is 9.61. The number of aryl methyl sites for hydroxylation is 1. The number of methoxy groups -OCH3 is 1. The van der Waals surface area contributed by atoms with E-state index in [1.54, 1.807) is 7.11 Å². The van der Waals surface area contributed by atoms with Crippen LogP contribution in [0.1, 0.15) is 35.2 Å². The molecule has 0 aliphatic carbocycles. The van der Waals surface area contributed by atoms with Gasteiger partial charge in [-0.1, -0.05) is 30.3 Å². The largest absolute Gasteiger partial charge is 0.497 e. The molecule has 0 spiro atoms. The average Bonchev–Trinajstić information content (AvgIpc) is 2.48. The van der Waals surface area contributed by atoms with E-state index < -0.39 is 0 Å². The summed E-state index contributed by atoms with van der Waals surface area (Å²) in [6.07, 6.45) is 0. The van der Waals surface area contributed by atoms with Gasteiger partial charge in [0.2, 0.25) is 0 Å². The van der Waals surface area contributed by atoms with Crippen molar-refractivity contribution in [2.75, 3.05) is 7.11 Å². The maximum atomic E-state index is 5.19. The van der Waals surface area contributed by atoms with Crippen LogP contribution in [0.4, 0.5) is 0 Å². The number of benzene rings is 2. The van der Waals surface area contributed by atoms with Crippen molar-refractivity contribution < 1.29 is 4.74 Å². The Labute approximate surface area is 121 Å². The fraction of sp³-hybridized carbons (Fsp3) is 0.333. The van der Waals surface area contributed by atoms with Crippen LogP contribution >= 0.6 is 0 Å². The topological polar surface area (TPSA) is 21.3 Å². The maximum absolute atomic E-state index is 5.19. The molecule has 2 aromatic rings. The summed E-state index contributed by atoms with van der Waals surface area (Å²) in [5, 5.41) is 3.58. The Morgan fingerprint density at radius 1 is 1.05 bits per heavy atom. The van der Waals surface area contributed by atoms with E-state index in [1.165, 1.54) is 22.3 Å². The van der Waals surface area contributed by atoms with Gasteiger partial charge in [0.15, 0.2) is 0 Å².